The summed E-state index contributed by atoms with van der Waals surface area (Å²) in [6, 6.07) is 0. The maximum absolute atomic E-state index is 9.10. The minimum atomic E-state index is -2.19. The molecule has 3 N–H and O–H groups in total. The minimum absolute atomic E-state index is 0. The molecule has 0 spiro atoms. The molecular weight excluding hydrogens is 548 g/mol. The molecule has 20 heavy (non-hydrogen) atoms. The van der Waals surface area contributed by atoms with Gasteiger partial charge in [-0.15, -0.1) is 0 Å². The Kier molecular flexibility index (Phi) is 28.4. The van der Waals surface area contributed by atoms with Crippen LogP contribution >= 0.6 is 0 Å². The van der Waals surface area contributed by atoms with Crippen molar-refractivity contribution in [3.63, 3.8) is 0 Å². The molecular formula is C6H3CaO12Pu-. The summed E-state index contributed by atoms with van der Waals surface area (Å²) in [7, 11) is 0. The number of rotatable bonds is 0. The summed E-state index contributed by atoms with van der Waals surface area (Å²) in [5.41, 5.74) is 0. The van der Waals surface area contributed by atoms with Crippen molar-refractivity contribution in [2.45, 2.75) is 0 Å². The Morgan fingerprint density at radius 2 is 0.700 bits per heavy atom. The van der Waals surface area contributed by atoms with Crippen LogP contribution in [0.15, 0.2) is 0 Å². The molecule has 0 saturated carbocycles. The molecule has 14 heteroatoms. The number of carboxylic acids is 6. The Labute approximate surface area is 160 Å². The Hall–Kier alpha value is -0.933. The maximum Gasteiger partial charge on any atom is 2.00 e. The third-order valence-electron chi connectivity index (χ3n) is 0.524. The summed E-state index contributed by atoms with van der Waals surface area (Å²) in [4.78, 5) is 54.1. The number of hydrogen-bond donors (Lipinski definition) is 3. The van der Waals surface area contributed by atoms with Crippen molar-refractivity contribution in [1.29, 1.82) is 0 Å². The van der Waals surface area contributed by atoms with Gasteiger partial charge in [-0.3, -0.25) is 0 Å². The summed E-state index contributed by atoms with van der Waals surface area (Å²) in [6.07, 6.45) is 0. The predicted octanol–water partition coefficient (Wildman–Crippen LogP) is -6.92. The molecule has 0 unspecified atom stereocenters. The monoisotopic (exact) mass is 545 g/mol. The summed E-state index contributed by atoms with van der Waals surface area (Å²) in [5, 5.41) is 49.0. The molecule has 0 amide bonds. The molecule has 0 rings (SSSR count). The average Bonchev–Trinajstić information content (AvgIpc) is 2.18. The van der Waals surface area contributed by atoms with Crippen LogP contribution < -0.4 is 15.3 Å². The van der Waals surface area contributed by atoms with Gasteiger partial charge in [0.15, 0.2) is 5.97 Å². The normalized spacial score (nSPS) is 6.60. The zero-order chi connectivity index (χ0) is 15.5. The van der Waals surface area contributed by atoms with E-state index in [1.54, 1.807) is 0 Å². The molecule has 0 aliphatic rings. The van der Waals surface area contributed by atoms with Crippen LogP contribution in [-0.4, -0.2) is 88.9 Å². The van der Waals surface area contributed by atoms with Gasteiger partial charge in [0, 0.05) is 29.2 Å². The largest absolute Gasteiger partial charge is 2.00 e. The first-order valence-corrected chi connectivity index (χ1v) is 3.26. The van der Waals surface area contributed by atoms with Crippen molar-refractivity contribution < 1.29 is 88.6 Å². The molecule has 0 bridgehead atoms. The van der Waals surface area contributed by atoms with Crippen molar-refractivity contribution in [2.75, 3.05) is 0 Å². The van der Waals surface area contributed by atoms with Crippen LogP contribution in [0.25, 0.3) is 0 Å². The van der Waals surface area contributed by atoms with E-state index < -0.39 is 35.8 Å². The first kappa shape index (κ1) is 31.5. The molecule has 0 aromatic rings. The minimum Gasteiger partial charge on any atom is -0.543 e. The van der Waals surface area contributed by atoms with Crippen molar-refractivity contribution in [3.8, 4) is 0 Å². The molecule has 0 aliphatic heterocycles. The van der Waals surface area contributed by atoms with Crippen molar-refractivity contribution in [3.05, 3.63) is 0 Å². The van der Waals surface area contributed by atoms with Crippen LogP contribution in [-0.2, 0) is 28.8 Å². The van der Waals surface area contributed by atoms with Crippen molar-refractivity contribution >= 4 is 73.6 Å². The van der Waals surface area contributed by atoms with E-state index in [2.05, 4.69) is 0 Å². The SMILES string of the molecule is O=C(O)C(=O)O.O=C([O-])C(=O)O.O=C([O-])C(=O)[O-].[Ca+2].[Pu]. The van der Waals surface area contributed by atoms with E-state index in [9.17, 15) is 0 Å². The summed E-state index contributed by atoms with van der Waals surface area (Å²) >= 11 is 0. The Bertz CT molecular complexity index is 283. The number of carboxylic acid groups (broad SMARTS) is 6. The van der Waals surface area contributed by atoms with Crippen molar-refractivity contribution in [2.24, 2.45) is 0 Å². The van der Waals surface area contributed by atoms with Crippen LogP contribution in [0.1, 0.15) is 0 Å². The molecule has 108 valence electrons. The quantitative estimate of drug-likeness (QED) is 0.188. The van der Waals surface area contributed by atoms with E-state index in [0.717, 1.165) is 0 Å². The number of carbonyl (C=O) groups is 6. The molecule has 0 aromatic heterocycles. The molecule has 0 aliphatic carbocycles. The van der Waals surface area contributed by atoms with Gasteiger partial charge >= 0.3 is 55.6 Å². The van der Waals surface area contributed by atoms with Crippen LogP contribution in [0.5, 0.6) is 0 Å². The standard InChI is InChI=1S/3C2H2O4.Ca.Pu/c3*3-1(4)2(5)6;;/h3*(H,3,4)(H,5,6);;/q;;;+2;/p-3. The third-order valence-corrected chi connectivity index (χ3v) is 0.524. The second-order valence-electron chi connectivity index (χ2n) is 1.78. The second-order valence-corrected chi connectivity index (χ2v) is 1.78. The molecule has 0 fully saturated rings. The first-order chi connectivity index (χ1) is 7.93. The van der Waals surface area contributed by atoms with Gasteiger partial charge in [0.1, 0.15) is 0 Å². The van der Waals surface area contributed by atoms with Gasteiger partial charge in [0.2, 0.25) is 0 Å². The fraction of sp³-hybridized carbons (Fsp3) is 0. The van der Waals surface area contributed by atoms with Crippen LogP contribution in [0, 0.1) is 29.2 Å². The van der Waals surface area contributed by atoms with E-state index in [-0.39, 0.29) is 66.9 Å². The predicted molar refractivity (Wildman–Crippen MR) is 43.7 cm³/mol. The van der Waals surface area contributed by atoms with E-state index in [0.29, 0.717) is 0 Å². The van der Waals surface area contributed by atoms with Gasteiger partial charge in [0.25, 0.3) is 0 Å². The number of hydrogen-bond acceptors (Lipinski definition) is 9. The van der Waals surface area contributed by atoms with Gasteiger partial charge in [-0.1, -0.05) is 0 Å². The summed E-state index contributed by atoms with van der Waals surface area (Å²) < 4.78 is 0. The fourth-order valence-electron chi connectivity index (χ4n) is 0. The number of carbonyl (C=O) groups excluding carboxylic acids is 3. The molecule has 0 heterocycles. The first-order valence-electron chi connectivity index (χ1n) is 3.26. The summed E-state index contributed by atoms with van der Waals surface area (Å²) in [6.45, 7) is 0. The van der Waals surface area contributed by atoms with Gasteiger partial charge in [0.05, 0.1) is 11.9 Å². The van der Waals surface area contributed by atoms with Gasteiger partial charge in [-0.2, -0.15) is 0 Å². The van der Waals surface area contributed by atoms with Crippen LogP contribution in [0.4, 0.5) is 0 Å². The average molecular weight is 551 g/mol. The Morgan fingerprint density at radius 1 is 0.550 bits per heavy atom. The van der Waals surface area contributed by atoms with Crippen LogP contribution in [0.2, 0.25) is 0 Å². The second kappa shape index (κ2) is 18.1. The maximum atomic E-state index is 9.10. The Morgan fingerprint density at radius 3 is 0.700 bits per heavy atom. The summed E-state index contributed by atoms with van der Waals surface area (Å²) in [5.74, 6) is -12.0. The molecule has 12 nitrogen and oxygen atoms in total. The van der Waals surface area contributed by atoms with E-state index >= 15 is 0 Å². The zero-order valence-corrected chi connectivity index (χ0v) is 14.7. The van der Waals surface area contributed by atoms with Crippen LogP contribution in [0.3, 0.4) is 0 Å². The van der Waals surface area contributed by atoms with E-state index in [1.807, 2.05) is 0 Å². The van der Waals surface area contributed by atoms with Gasteiger partial charge < -0.3 is 45.0 Å². The smallest absolute Gasteiger partial charge is 0.543 e. The van der Waals surface area contributed by atoms with Gasteiger partial charge in [-0.25, -0.2) is 14.4 Å². The number of aliphatic carboxylic acids is 6. The Balaban J connectivity index is -0.0000000536. The van der Waals surface area contributed by atoms with Gasteiger partial charge in [-0.05, 0) is 0 Å². The fourth-order valence-corrected chi connectivity index (χ4v) is 0. The van der Waals surface area contributed by atoms with Crippen molar-refractivity contribution in [1.82, 2.24) is 0 Å². The molecule has 0 aromatic carbocycles. The molecule has 0 saturated heterocycles. The third kappa shape index (κ3) is 36.0. The van der Waals surface area contributed by atoms with E-state index in [4.69, 9.17) is 59.4 Å². The topological polar surface area (TPSA) is 232 Å². The molecule has 0 atom stereocenters. The molecule has 0 radical (unpaired) electrons. The zero-order valence-electron chi connectivity index (χ0n) is 9.13. The van der Waals surface area contributed by atoms with E-state index in [1.165, 1.54) is 0 Å².